The first-order valence-electron chi connectivity index (χ1n) is 5.47. The van der Waals surface area contributed by atoms with Crippen LogP contribution in [0.4, 0.5) is 13.2 Å². The van der Waals surface area contributed by atoms with Crippen LogP contribution in [0.5, 0.6) is 5.75 Å². The minimum Gasteiger partial charge on any atom is -0.494 e. The Bertz CT molecular complexity index is 335. The van der Waals surface area contributed by atoms with Crippen LogP contribution in [0, 0.1) is 0 Å². The second-order valence-electron chi connectivity index (χ2n) is 3.84. The molecular formula is C12H16F3NO. The molecule has 96 valence electrons. The monoisotopic (exact) mass is 247 g/mol. The third-order valence-electron chi connectivity index (χ3n) is 2.23. The molecule has 0 heterocycles. The van der Waals surface area contributed by atoms with E-state index in [0.717, 1.165) is 6.42 Å². The summed E-state index contributed by atoms with van der Waals surface area (Å²) in [5, 5.41) is 0. The summed E-state index contributed by atoms with van der Waals surface area (Å²) >= 11 is 0. The Hall–Kier alpha value is -1.23. The van der Waals surface area contributed by atoms with E-state index in [0.29, 0.717) is 17.9 Å². The summed E-state index contributed by atoms with van der Waals surface area (Å²) in [6.45, 7) is 2.57. The average Bonchev–Trinajstić information content (AvgIpc) is 2.24. The third kappa shape index (κ3) is 5.08. The lowest BCUT2D eigenvalue weighted by Crippen LogP contribution is -2.20. The zero-order chi connectivity index (χ0) is 12.9. The maximum atomic E-state index is 12.1. The van der Waals surface area contributed by atoms with E-state index < -0.39 is 18.6 Å². The lowest BCUT2D eigenvalue weighted by atomic mass is 10.0. The van der Waals surface area contributed by atoms with Crippen molar-refractivity contribution in [1.29, 1.82) is 0 Å². The van der Waals surface area contributed by atoms with Crippen molar-refractivity contribution in [2.45, 2.75) is 32.0 Å². The number of ether oxygens (including phenoxy) is 1. The molecule has 2 N–H and O–H groups in total. The van der Waals surface area contributed by atoms with Gasteiger partial charge in [0, 0.05) is 6.04 Å². The van der Waals surface area contributed by atoms with Gasteiger partial charge in [-0.15, -0.1) is 0 Å². The largest absolute Gasteiger partial charge is 0.494 e. The molecule has 17 heavy (non-hydrogen) atoms. The molecule has 0 aliphatic heterocycles. The van der Waals surface area contributed by atoms with E-state index in [1.807, 2.05) is 6.92 Å². The molecule has 0 aliphatic rings. The Labute approximate surface area is 98.6 Å². The molecule has 2 nitrogen and oxygen atoms in total. The molecule has 0 aromatic heterocycles. The molecule has 0 saturated heterocycles. The van der Waals surface area contributed by atoms with Gasteiger partial charge in [0.15, 0.2) is 0 Å². The Morgan fingerprint density at radius 2 is 1.82 bits per heavy atom. The minimum atomic E-state index is -4.24. The lowest BCUT2D eigenvalue weighted by molar-refractivity contribution is -0.138. The lowest BCUT2D eigenvalue weighted by Gasteiger charge is -2.14. The van der Waals surface area contributed by atoms with E-state index in [4.69, 9.17) is 10.5 Å². The number of halogens is 3. The maximum Gasteiger partial charge on any atom is 0.390 e. The van der Waals surface area contributed by atoms with Gasteiger partial charge in [0.2, 0.25) is 0 Å². The normalized spacial score (nSPS) is 13.5. The summed E-state index contributed by atoms with van der Waals surface area (Å²) < 4.78 is 41.7. The summed E-state index contributed by atoms with van der Waals surface area (Å²) in [7, 11) is 0. The smallest absolute Gasteiger partial charge is 0.390 e. The first-order valence-corrected chi connectivity index (χ1v) is 5.47. The van der Waals surface area contributed by atoms with Crippen molar-refractivity contribution in [1.82, 2.24) is 0 Å². The Balaban J connectivity index is 2.60. The summed E-state index contributed by atoms with van der Waals surface area (Å²) in [6, 6.07) is 5.40. The molecule has 0 aliphatic carbocycles. The molecule has 0 fully saturated rings. The molecule has 0 amide bonds. The topological polar surface area (TPSA) is 35.2 Å². The van der Waals surface area contributed by atoms with Gasteiger partial charge in [0.25, 0.3) is 0 Å². The highest BCUT2D eigenvalue weighted by Crippen LogP contribution is 2.28. The van der Waals surface area contributed by atoms with Crippen LogP contribution in [0.15, 0.2) is 24.3 Å². The van der Waals surface area contributed by atoms with Crippen LogP contribution in [0.2, 0.25) is 0 Å². The molecule has 1 unspecified atom stereocenters. The van der Waals surface area contributed by atoms with Crippen LogP contribution in [-0.2, 0) is 0 Å². The predicted molar refractivity (Wildman–Crippen MR) is 59.8 cm³/mol. The first kappa shape index (κ1) is 13.8. The van der Waals surface area contributed by atoms with Crippen LogP contribution in [-0.4, -0.2) is 12.8 Å². The van der Waals surface area contributed by atoms with E-state index in [1.165, 1.54) is 0 Å². The van der Waals surface area contributed by atoms with Gasteiger partial charge in [-0.1, -0.05) is 19.1 Å². The summed E-state index contributed by atoms with van der Waals surface area (Å²) in [6.07, 6.45) is -4.37. The van der Waals surface area contributed by atoms with Gasteiger partial charge in [-0.05, 0) is 24.1 Å². The minimum absolute atomic E-state index is 0.464. The van der Waals surface area contributed by atoms with Gasteiger partial charge in [0.1, 0.15) is 5.75 Å². The highest BCUT2D eigenvalue weighted by Gasteiger charge is 2.30. The molecule has 5 heteroatoms. The van der Waals surface area contributed by atoms with Gasteiger partial charge >= 0.3 is 6.18 Å². The molecule has 0 bridgehead atoms. The van der Waals surface area contributed by atoms with Gasteiger partial charge in [-0.25, -0.2) is 0 Å². The van der Waals surface area contributed by atoms with Crippen LogP contribution in [0.1, 0.15) is 31.4 Å². The second-order valence-corrected chi connectivity index (χ2v) is 3.84. The second kappa shape index (κ2) is 5.91. The van der Waals surface area contributed by atoms with E-state index in [9.17, 15) is 13.2 Å². The predicted octanol–water partition coefficient (Wildman–Crippen LogP) is 3.43. The van der Waals surface area contributed by atoms with Crippen molar-refractivity contribution >= 4 is 0 Å². The highest BCUT2D eigenvalue weighted by atomic mass is 19.4. The van der Waals surface area contributed by atoms with Crippen molar-refractivity contribution in [3.05, 3.63) is 29.8 Å². The van der Waals surface area contributed by atoms with Gasteiger partial charge in [0.05, 0.1) is 13.0 Å². The Morgan fingerprint density at radius 3 is 2.29 bits per heavy atom. The van der Waals surface area contributed by atoms with Crippen molar-refractivity contribution in [3.8, 4) is 5.75 Å². The quantitative estimate of drug-likeness (QED) is 0.865. The fraction of sp³-hybridized carbons (Fsp3) is 0.500. The summed E-state index contributed by atoms with van der Waals surface area (Å²) in [5.74, 6) is 0.648. The van der Waals surface area contributed by atoms with Crippen molar-refractivity contribution < 1.29 is 17.9 Å². The van der Waals surface area contributed by atoms with Crippen LogP contribution in [0.25, 0.3) is 0 Å². The maximum absolute atomic E-state index is 12.1. The van der Waals surface area contributed by atoms with Crippen LogP contribution < -0.4 is 10.5 Å². The molecule has 1 aromatic rings. The third-order valence-corrected chi connectivity index (χ3v) is 2.23. The first-order chi connectivity index (χ1) is 7.92. The van der Waals surface area contributed by atoms with Crippen molar-refractivity contribution in [2.24, 2.45) is 5.73 Å². The summed E-state index contributed by atoms with van der Waals surface area (Å²) in [4.78, 5) is 0. The number of alkyl halides is 3. The molecule has 1 atom stereocenters. The van der Waals surface area contributed by atoms with E-state index in [2.05, 4.69) is 0 Å². The molecule has 1 aromatic carbocycles. The van der Waals surface area contributed by atoms with Gasteiger partial charge < -0.3 is 10.5 Å². The number of benzene rings is 1. The zero-order valence-electron chi connectivity index (χ0n) is 9.63. The standard InChI is InChI=1S/C12H16F3NO/c1-2-7-17-10-5-3-9(4-6-10)11(16)8-12(13,14)15/h3-6,11H,2,7-8,16H2,1H3. The molecular weight excluding hydrogens is 231 g/mol. The number of rotatable bonds is 5. The zero-order valence-corrected chi connectivity index (χ0v) is 9.63. The number of hydrogen-bond donors (Lipinski definition) is 1. The fourth-order valence-corrected chi connectivity index (χ4v) is 1.40. The average molecular weight is 247 g/mol. The number of nitrogens with two attached hydrogens (primary N) is 1. The Morgan fingerprint density at radius 1 is 1.24 bits per heavy atom. The van der Waals surface area contributed by atoms with Crippen LogP contribution in [0.3, 0.4) is 0 Å². The van der Waals surface area contributed by atoms with Gasteiger partial charge in [-0.2, -0.15) is 13.2 Å². The molecule has 0 radical (unpaired) electrons. The summed E-state index contributed by atoms with van der Waals surface area (Å²) in [5.41, 5.74) is 5.93. The van der Waals surface area contributed by atoms with Crippen molar-refractivity contribution in [3.63, 3.8) is 0 Å². The fourth-order valence-electron chi connectivity index (χ4n) is 1.40. The number of hydrogen-bond acceptors (Lipinski definition) is 2. The Kier molecular flexibility index (Phi) is 4.81. The molecule has 1 rings (SSSR count). The van der Waals surface area contributed by atoms with Gasteiger partial charge in [-0.3, -0.25) is 0 Å². The van der Waals surface area contributed by atoms with E-state index in [-0.39, 0.29) is 0 Å². The van der Waals surface area contributed by atoms with E-state index >= 15 is 0 Å². The molecule has 0 saturated carbocycles. The molecule has 0 spiro atoms. The van der Waals surface area contributed by atoms with Crippen LogP contribution >= 0.6 is 0 Å². The highest BCUT2D eigenvalue weighted by molar-refractivity contribution is 5.29. The SMILES string of the molecule is CCCOc1ccc(C(N)CC(F)(F)F)cc1. The van der Waals surface area contributed by atoms with Crippen molar-refractivity contribution in [2.75, 3.05) is 6.61 Å². The van der Waals surface area contributed by atoms with E-state index in [1.54, 1.807) is 24.3 Å².